The van der Waals surface area contributed by atoms with Crippen molar-refractivity contribution in [3.63, 3.8) is 0 Å². The second-order valence-corrected chi connectivity index (χ2v) is 4.61. The van der Waals surface area contributed by atoms with Gasteiger partial charge in [0, 0.05) is 0 Å². The van der Waals surface area contributed by atoms with E-state index in [9.17, 15) is 0 Å². The van der Waals surface area contributed by atoms with Gasteiger partial charge in [0.15, 0.2) is 0 Å². The molecule has 0 saturated carbocycles. The number of halogens is 1. The summed E-state index contributed by atoms with van der Waals surface area (Å²) in [6, 6.07) is 0. The van der Waals surface area contributed by atoms with Gasteiger partial charge in [0.05, 0.1) is 0 Å². The first kappa shape index (κ1) is 7.69. The molecule has 0 aromatic rings. The van der Waals surface area contributed by atoms with E-state index in [1.165, 1.54) is 12.8 Å². The van der Waals surface area contributed by atoms with Crippen molar-refractivity contribution in [2.24, 2.45) is 0 Å². The van der Waals surface area contributed by atoms with Gasteiger partial charge in [-0.25, -0.2) is 0 Å². The predicted molar refractivity (Wildman–Crippen MR) is 27.5 cm³/mol. The van der Waals surface area contributed by atoms with E-state index in [4.69, 9.17) is 0 Å². The third-order valence-electron chi connectivity index (χ3n) is 0.911. The summed E-state index contributed by atoms with van der Waals surface area (Å²) in [6.07, 6.45) is 2.64. The van der Waals surface area contributed by atoms with Crippen molar-refractivity contribution in [1.82, 2.24) is 0 Å². The average molecular weight is 215 g/mol. The number of hydrogen-bond donors (Lipinski definition) is 1. The first-order valence-electron chi connectivity index (χ1n) is 2.62. The quantitative estimate of drug-likeness (QED) is 0.296. The Morgan fingerprint density at radius 3 is 2.43 bits per heavy atom. The molecule has 1 nitrogen and oxygen atoms in total. The molecule has 0 saturated heterocycles. The van der Waals surface area contributed by atoms with Gasteiger partial charge in [-0.3, -0.25) is 0 Å². The van der Waals surface area contributed by atoms with Crippen LogP contribution in [0.4, 0.5) is 0 Å². The van der Waals surface area contributed by atoms with Gasteiger partial charge in [-0.05, 0) is 0 Å². The SMILES string of the molecule is CCCC([NH3+])[I-]C. The summed E-state index contributed by atoms with van der Waals surface area (Å²) in [5.41, 5.74) is 4.00. The fraction of sp³-hybridized carbons (Fsp3) is 1.00. The third kappa shape index (κ3) is 4.55. The van der Waals surface area contributed by atoms with E-state index in [2.05, 4.69) is 17.6 Å². The second-order valence-electron chi connectivity index (χ2n) is 1.60. The molecule has 0 aliphatic carbocycles. The molecular weight excluding hydrogens is 201 g/mol. The molecule has 0 radical (unpaired) electrons. The van der Waals surface area contributed by atoms with Crippen molar-refractivity contribution in [3.8, 4) is 0 Å². The second kappa shape index (κ2) is 4.84. The van der Waals surface area contributed by atoms with E-state index in [-0.39, 0.29) is 0 Å². The summed E-state index contributed by atoms with van der Waals surface area (Å²) in [5.74, 6) is 0. The summed E-state index contributed by atoms with van der Waals surface area (Å²) in [4.78, 5) is 2.30. The molecular formula is C5H14IN. The van der Waals surface area contributed by atoms with Crippen LogP contribution in [0.1, 0.15) is 19.8 Å². The van der Waals surface area contributed by atoms with E-state index in [1.54, 1.807) is 0 Å². The molecule has 0 aliphatic heterocycles. The number of hydrogen-bond acceptors (Lipinski definition) is 0. The zero-order chi connectivity index (χ0) is 5.70. The molecule has 0 aromatic heterocycles. The minimum absolute atomic E-state index is 0.427. The van der Waals surface area contributed by atoms with Crippen LogP contribution in [0.3, 0.4) is 0 Å². The normalized spacial score (nSPS) is 14.7. The summed E-state index contributed by atoms with van der Waals surface area (Å²) in [7, 11) is 0. The molecule has 0 amide bonds. The molecule has 2 heteroatoms. The number of quaternary nitrogens is 1. The topological polar surface area (TPSA) is 27.6 Å². The maximum absolute atomic E-state index is 4.00. The molecule has 1 atom stereocenters. The van der Waals surface area contributed by atoms with Gasteiger partial charge in [0.1, 0.15) is 0 Å². The van der Waals surface area contributed by atoms with E-state index >= 15 is 0 Å². The van der Waals surface area contributed by atoms with Gasteiger partial charge in [-0.1, -0.05) is 0 Å². The Bertz CT molecular complexity index is 39.1. The van der Waals surface area contributed by atoms with Crippen LogP contribution in [0.25, 0.3) is 0 Å². The van der Waals surface area contributed by atoms with Gasteiger partial charge in [-0.2, -0.15) is 0 Å². The summed E-state index contributed by atoms with van der Waals surface area (Å²) in [5, 5.41) is 0. The third-order valence-corrected chi connectivity index (χ3v) is 3.29. The van der Waals surface area contributed by atoms with Crippen LogP contribution in [-0.4, -0.2) is 8.98 Å². The van der Waals surface area contributed by atoms with Crippen LogP contribution < -0.4 is 26.9 Å². The molecule has 0 heterocycles. The van der Waals surface area contributed by atoms with Crippen LogP contribution in [0.5, 0.6) is 0 Å². The molecule has 0 rings (SSSR count). The molecule has 0 aliphatic rings. The van der Waals surface area contributed by atoms with Gasteiger partial charge in [-0.15, -0.1) is 0 Å². The van der Waals surface area contributed by atoms with Gasteiger partial charge >= 0.3 is 55.7 Å². The van der Waals surface area contributed by atoms with Crippen LogP contribution in [-0.2, 0) is 0 Å². The van der Waals surface area contributed by atoms with Gasteiger partial charge < -0.3 is 0 Å². The Balaban J connectivity index is 2.83. The van der Waals surface area contributed by atoms with E-state index < -0.39 is 0 Å². The molecule has 3 N–H and O–H groups in total. The summed E-state index contributed by atoms with van der Waals surface area (Å²) < 4.78 is 0.809. The standard InChI is InChI=1S/C5H13IN/c1-3-4-5(7)6-2/h5H,3-4,7H2,1-2H3/q-1/p+1. The van der Waals surface area contributed by atoms with Crippen LogP contribution in [0.2, 0.25) is 0 Å². The first-order chi connectivity index (χ1) is 3.31. The van der Waals surface area contributed by atoms with Crippen LogP contribution in [0, 0.1) is 0 Å². The Morgan fingerprint density at radius 2 is 2.29 bits per heavy atom. The Kier molecular flexibility index (Phi) is 5.32. The minimum atomic E-state index is 0.427. The predicted octanol–water partition coefficient (Wildman–Crippen LogP) is -2.93. The maximum atomic E-state index is 4.00. The Labute approximate surface area is 55.9 Å². The van der Waals surface area contributed by atoms with Crippen LogP contribution in [0.15, 0.2) is 0 Å². The fourth-order valence-corrected chi connectivity index (χ4v) is 1.67. The number of rotatable bonds is 3. The van der Waals surface area contributed by atoms with Gasteiger partial charge in [0.2, 0.25) is 0 Å². The molecule has 1 unspecified atom stereocenters. The van der Waals surface area contributed by atoms with Crippen molar-refractivity contribution in [2.45, 2.75) is 23.8 Å². The van der Waals surface area contributed by atoms with Crippen molar-refractivity contribution in [2.75, 3.05) is 4.93 Å². The first-order valence-corrected chi connectivity index (χ1v) is 6.02. The fourth-order valence-electron chi connectivity index (χ4n) is 0.422. The monoisotopic (exact) mass is 215 g/mol. The Morgan fingerprint density at radius 1 is 1.71 bits per heavy atom. The van der Waals surface area contributed by atoms with E-state index in [1.807, 2.05) is 0 Å². The van der Waals surface area contributed by atoms with Crippen molar-refractivity contribution in [3.05, 3.63) is 0 Å². The number of alkyl halides is 2. The zero-order valence-corrected chi connectivity index (χ0v) is 7.23. The average Bonchev–Trinajstić information content (AvgIpc) is 1.68. The summed E-state index contributed by atoms with van der Waals surface area (Å²) >= 11 is 0.427. The van der Waals surface area contributed by atoms with Crippen molar-refractivity contribution in [1.29, 1.82) is 0 Å². The molecule has 0 bridgehead atoms. The van der Waals surface area contributed by atoms with E-state index in [0.29, 0.717) is 21.2 Å². The molecule has 0 spiro atoms. The molecule has 7 heavy (non-hydrogen) atoms. The van der Waals surface area contributed by atoms with Crippen molar-refractivity contribution >= 4 is 0 Å². The molecule has 46 valence electrons. The van der Waals surface area contributed by atoms with Crippen molar-refractivity contribution < 1.29 is 26.9 Å². The summed E-state index contributed by atoms with van der Waals surface area (Å²) in [6.45, 7) is 2.22. The van der Waals surface area contributed by atoms with E-state index in [0.717, 1.165) is 4.05 Å². The molecule has 0 fully saturated rings. The molecule has 0 aromatic carbocycles. The Hall–Kier alpha value is 0.690. The van der Waals surface area contributed by atoms with Gasteiger partial charge in [0.25, 0.3) is 0 Å². The van der Waals surface area contributed by atoms with Crippen LogP contribution >= 0.6 is 0 Å². The zero-order valence-electron chi connectivity index (χ0n) is 5.08.